The Bertz CT molecular complexity index is 1620. The second-order valence-electron chi connectivity index (χ2n) is 11.5. The van der Waals surface area contributed by atoms with Gasteiger partial charge < -0.3 is 0 Å². The van der Waals surface area contributed by atoms with Gasteiger partial charge in [-0.1, -0.05) is 115 Å². The second-order valence-corrected chi connectivity index (χ2v) is 11.5. The molecule has 3 aliphatic carbocycles. The van der Waals surface area contributed by atoms with E-state index in [9.17, 15) is 0 Å². The molecular formula is C39H39N. The van der Waals surface area contributed by atoms with Crippen LogP contribution in [0.3, 0.4) is 0 Å². The van der Waals surface area contributed by atoms with Crippen LogP contribution in [-0.2, 0) is 6.42 Å². The summed E-state index contributed by atoms with van der Waals surface area (Å²) in [5, 5.41) is 2.55. The van der Waals surface area contributed by atoms with E-state index in [0.29, 0.717) is 11.8 Å². The van der Waals surface area contributed by atoms with Gasteiger partial charge in [0.25, 0.3) is 0 Å². The fraction of sp³-hybridized carbons (Fsp3) is 0.256. The lowest BCUT2D eigenvalue weighted by Crippen LogP contribution is -2.09. The molecule has 200 valence electrons. The zero-order chi connectivity index (χ0) is 27.3. The summed E-state index contributed by atoms with van der Waals surface area (Å²) in [5.41, 5.74) is 10.9. The van der Waals surface area contributed by atoms with Crippen LogP contribution in [0.25, 0.3) is 16.3 Å². The zero-order valence-corrected chi connectivity index (χ0v) is 23.8. The second kappa shape index (κ2) is 12.0. The average molecular weight is 522 g/mol. The summed E-state index contributed by atoms with van der Waals surface area (Å²) in [6, 6.07) is 24.2. The van der Waals surface area contributed by atoms with E-state index < -0.39 is 0 Å². The molecule has 3 aliphatic rings. The fourth-order valence-corrected chi connectivity index (χ4v) is 6.15. The Kier molecular flexibility index (Phi) is 7.91. The third-order valence-corrected chi connectivity index (χ3v) is 8.66. The van der Waals surface area contributed by atoms with Crippen molar-refractivity contribution in [2.24, 2.45) is 16.8 Å². The van der Waals surface area contributed by atoms with Gasteiger partial charge in [-0.2, -0.15) is 0 Å². The van der Waals surface area contributed by atoms with Gasteiger partial charge >= 0.3 is 0 Å². The first kappa shape index (κ1) is 26.3. The van der Waals surface area contributed by atoms with E-state index in [0.717, 1.165) is 31.5 Å². The molecule has 0 saturated carbocycles. The summed E-state index contributed by atoms with van der Waals surface area (Å²) in [4.78, 5) is 4.96. The average Bonchev–Trinajstić information content (AvgIpc) is 3.01. The van der Waals surface area contributed by atoms with E-state index >= 15 is 0 Å². The first-order valence-electron chi connectivity index (χ1n) is 14.9. The van der Waals surface area contributed by atoms with Gasteiger partial charge in [0.1, 0.15) is 0 Å². The van der Waals surface area contributed by atoms with Crippen molar-refractivity contribution < 1.29 is 0 Å². The Morgan fingerprint density at radius 3 is 2.27 bits per heavy atom. The topological polar surface area (TPSA) is 12.4 Å². The van der Waals surface area contributed by atoms with Crippen molar-refractivity contribution in [3.8, 4) is 0 Å². The Hall–Kier alpha value is -3.97. The molecule has 0 amide bonds. The quantitative estimate of drug-likeness (QED) is 0.274. The van der Waals surface area contributed by atoms with Crippen LogP contribution >= 0.6 is 0 Å². The largest absolute Gasteiger partial charge is 0.289 e. The SMILES string of the molecule is CC1=C(c2ccccc2CC2C=CC(C3=CCC(C/N=C(\C)c4ccc5ccccc5c4)C=C3)=CC2)C=CCC1. The molecular weight excluding hydrogens is 482 g/mol. The fourth-order valence-electron chi connectivity index (χ4n) is 6.15. The van der Waals surface area contributed by atoms with Gasteiger partial charge in [0.05, 0.1) is 0 Å². The number of nitrogens with zero attached hydrogens (tertiary/aromatic N) is 1. The molecule has 0 N–H and O–H groups in total. The highest BCUT2D eigenvalue weighted by Gasteiger charge is 2.17. The van der Waals surface area contributed by atoms with Gasteiger partial charge in [-0.05, 0) is 102 Å². The van der Waals surface area contributed by atoms with Gasteiger partial charge in [0, 0.05) is 18.2 Å². The van der Waals surface area contributed by atoms with Crippen LogP contribution in [0.4, 0.5) is 0 Å². The van der Waals surface area contributed by atoms with Gasteiger partial charge in [-0.25, -0.2) is 0 Å². The van der Waals surface area contributed by atoms with E-state index in [-0.39, 0.29) is 0 Å². The summed E-state index contributed by atoms with van der Waals surface area (Å²) < 4.78 is 0. The van der Waals surface area contributed by atoms with E-state index in [1.54, 1.807) is 0 Å². The minimum atomic E-state index is 0.461. The van der Waals surface area contributed by atoms with E-state index in [1.807, 2.05) is 0 Å². The first-order chi connectivity index (χ1) is 19.6. The summed E-state index contributed by atoms with van der Waals surface area (Å²) in [7, 11) is 0. The normalized spacial score (nSPS) is 21.1. The minimum Gasteiger partial charge on any atom is -0.289 e. The summed E-state index contributed by atoms with van der Waals surface area (Å²) in [5.74, 6) is 1.01. The molecule has 0 heterocycles. The van der Waals surface area contributed by atoms with Crippen LogP contribution in [0, 0.1) is 11.8 Å². The van der Waals surface area contributed by atoms with Crippen LogP contribution in [0.15, 0.2) is 137 Å². The molecule has 3 aromatic rings. The van der Waals surface area contributed by atoms with Gasteiger partial charge in [-0.15, -0.1) is 0 Å². The highest BCUT2D eigenvalue weighted by Crippen LogP contribution is 2.33. The maximum atomic E-state index is 4.96. The van der Waals surface area contributed by atoms with Gasteiger partial charge in [-0.3, -0.25) is 4.99 Å². The van der Waals surface area contributed by atoms with Crippen LogP contribution < -0.4 is 0 Å². The highest BCUT2D eigenvalue weighted by molar-refractivity contribution is 6.02. The Morgan fingerprint density at radius 2 is 1.52 bits per heavy atom. The third kappa shape index (κ3) is 5.94. The summed E-state index contributed by atoms with van der Waals surface area (Å²) in [6.07, 6.45) is 24.5. The standard InChI is InChI=1S/C39H39N/c1-28-9-3-7-13-38(28)39-14-8-6-12-37(39)25-30-15-19-33(20-16-30)34-21-17-31(18-22-34)27-40-29(2)35-24-23-32-10-4-5-11-36(32)26-35/h4-8,10-15,17,19-24,26,30-31H,3,9,16,18,25,27H2,1-2H3/b40-29+. The van der Waals surface area contributed by atoms with Crippen LogP contribution in [-0.4, -0.2) is 12.3 Å². The Morgan fingerprint density at radius 1 is 0.800 bits per heavy atom. The molecule has 0 bridgehead atoms. The van der Waals surface area contributed by atoms with Gasteiger partial charge in [0.15, 0.2) is 0 Å². The summed E-state index contributed by atoms with van der Waals surface area (Å²) in [6.45, 7) is 5.26. The van der Waals surface area contributed by atoms with Crippen molar-refractivity contribution >= 4 is 22.1 Å². The van der Waals surface area contributed by atoms with E-state index in [4.69, 9.17) is 4.99 Å². The van der Waals surface area contributed by atoms with Crippen molar-refractivity contribution in [1.82, 2.24) is 0 Å². The molecule has 2 atom stereocenters. The Balaban J connectivity index is 1.05. The molecule has 0 aromatic heterocycles. The number of rotatable bonds is 7. The van der Waals surface area contributed by atoms with E-state index in [2.05, 4.69) is 129 Å². The van der Waals surface area contributed by atoms with Crippen LogP contribution in [0.1, 0.15) is 56.2 Å². The predicted octanol–water partition coefficient (Wildman–Crippen LogP) is 10.0. The minimum absolute atomic E-state index is 0.461. The van der Waals surface area contributed by atoms with Crippen molar-refractivity contribution in [3.05, 3.63) is 149 Å². The molecule has 0 spiro atoms. The molecule has 1 nitrogen and oxygen atoms in total. The van der Waals surface area contributed by atoms with Crippen molar-refractivity contribution in [3.63, 3.8) is 0 Å². The lowest BCUT2D eigenvalue weighted by atomic mass is 9.83. The lowest BCUT2D eigenvalue weighted by molar-refractivity contribution is 0.647. The number of fused-ring (bicyclic) bond motifs is 1. The molecule has 3 aromatic carbocycles. The molecule has 6 rings (SSSR count). The predicted molar refractivity (Wildman–Crippen MR) is 173 cm³/mol. The van der Waals surface area contributed by atoms with Crippen LogP contribution in [0.5, 0.6) is 0 Å². The van der Waals surface area contributed by atoms with Gasteiger partial charge in [0.2, 0.25) is 0 Å². The monoisotopic (exact) mass is 521 g/mol. The number of benzene rings is 3. The molecule has 0 fully saturated rings. The zero-order valence-electron chi connectivity index (χ0n) is 23.8. The number of aliphatic imine (C=N–C) groups is 1. The number of allylic oxidation sites excluding steroid dienone is 11. The van der Waals surface area contributed by atoms with E-state index in [1.165, 1.54) is 62.6 Å². The van der Waals surface area contributed by atoms with Crippen molar-refractivity contribution in [2.75, 3.05) is 6.54 Å². The summed E-state index contributed by atoms with van der Waals surface area (Å²) >= 11 is 0. The molecule has 0 radical (unpaired) electrons. The first-order valence-corrected chi connectivity index (χ1v) is 14.9. The van der Waals surface area contributed by atoms with Crippen LogP contribution in [0.2, 0.25) is 0 Å². The molecule has 0 saturated heterocycles. The third-order valence-electron chi connectivity index (χ3n) is 8.66. The molecule has 1 heteroatoms. The maximum absolute atomic E-state index is 4.96. The number of hydrogen-bond acceptors (Lipinski definition) is 1. The van der Waals surface area contributed by atoms with Crippen molar-refractivity contribution in [1.29, 1.82) is 0 Å². The smallest absolute Gasteiger partial charge is 0.0458 e. The lowest BCUT2D eigenvalue weighted by Gasteiger charge is -2.22. The maximum Gasteiger partial charge on any atom is 0.0458 e. The molecule has 40 heavy (non-hydrogen) atoms. The highest BCUT2D eigenvalue weighted by atomic mass is 14.7. The molecule has 2 unspecified atom stereocenters. The molecule has 0 aliphatic heterocycles. The number of hydrogen-bond donors (Lipinski definition) is 0. The van der Waals surface area contributed by atoms with Crippen molar-refractivity contribution in [2.45, 2.75) is 46.0 Å². The Labute approximate surface area is 239 Å².